The third-order valence-corrected chi connectivity index (χ3v) is 2.81. The number of benzene rings is 1. The summed E-state index contributed by atoms with van der Waals surface area (Å²) in [6.45, 7) is 0. The molecule has 0 aliphatic carbocycles. The Labute approximate surface area is 121 Å². The first-order valence-electron chi connectivity index (χ1n) is 6.30. The number of aromatic amines is 1. The Bertz CT molecular complexity index is 717. The van der Waals surface area contributed by atoms with Gasteiger partial charge in [0.25, 0.3) is 11.8 Å². The number of carbonyl (C=O) groups is 2. The van der Waals surface area contributed by atoms with Crippen molar-refractivity contribution in [3.63, 3.8) is 0 Å². The van der Waals surface area contributed by atoms with E-state index in [1.54, 1.807) is 38.4 Å². The summed E-state index contributed by atoms with van der Waals surface area (Å²) in [6, 6.07) is 10.9. The van der Waals surface area contributed by atoms with Gasteiger partial charge in [0, 0.05) is 31.4 Å². The van der Waals surface area contributed by atoms with Crippen LogP contribution in [0, 0.1) is 0 Å². The van der Waals surface area contributed by atoms with E-state index in [0.717, 1.165) is 0 Å². The predicted octanol–water partition coefficient (Wildman–Crippen LogP) is 1.33. The molecule has 2 N–H and O–H groups in total. The molecule has 108 valence electrons. The normalized spacial score (nSPS) is 10.0. The van der Waals surface area contributed by atoms with Crippen LogP contribution in [0.4, 0.5) is 5.69 Å². The van der Waals surface area contributed by atoms with Gasteiger partial charge in [0.15, 0.2) is 0 Å². The Hall–Kier alpha value is -2.89. The van der Waals surface area contributed by atoms with Crippen molar-refractivity contribution in [1.82, 2.24) is 9.88 Å². The second kappa shape index (κ2) is 6.04. The van der Waals surface area contributed by atoms with E-state index in [9.17, 15) is 14.4 Å². The molecule has 0 aliphatic heterocycles. The van der Waals surface area contributed by atoms with Crippen LogP contribution in [0.1, 0.15) is 20.8 Å². The van der Waals surface area contributed by atoms with Gasteiger partial charge in [-0.3, -0.25) is 14.4 Å². The fourth-order valence-corrected chi connectivity index (χ4v) is 1.73. The monoisotopic (exact) mass is 285 g/mol. The maximum atomic E-state index is 11.9. The first kappa shape index (κ1) is 14.5. The van der Waals surface area contributed by atoms with Gasteiger partial charge in [-0.15, -0.1) is 0 Å². The molecule has 1 aromatic carbocycles. The molecule has 2 rings (SSSR count). The minimum Gasteiger partial charge on any atom is -0.345 e. The molecule has 0 spiro atoms. The molecule has 0 saturated heterocycles. The van der Waals surface area contributed by atoms with Gasteiger partial charge in [-0.2, -0.15) is 0 Å². The molecule has 0 fully saturated rings. The summed E-state index contributed by atoms with van der Waals surface area (Å²) in [5, 5.41) is 2.65. The summed E-state index contributed by atoms with van der Waals surface area (Å²) in [6.07, 6.45) is 0. The maximum Gasteiger partial charge on any atom is 0.272 e. The number of anilines is 1. The van der Waals surface area contributed by atoms with Crippen LogP contribution < -0.4 is 10.9 Å². The smallest absolute Gasteiger partial charge is 0.272 e. The Morgan fingerprint density at radius 1 is 1.05 bits per heavy atom. The zero-order valence-electron chi connectivity index (χ0n) is 11.7. The minimum absolute atomic E-state index is 0.111. The molecule has 0 unspecified atom stereocenters. The molecule has 6 nitrogen and oxygen atoms in total. The van der Waals surface area contributed by atoms with E-state index in [1.807, 2.05) is 0 Å². The van der Waals surface area contributed by atoms with E-state index in [0.29, 0.717) is 11.3 Å². The molecule has 2 amide bonds. The second-order valence-corrected chi connectivity index (χ2v) is 4.66. The molecule has 2 aromatic rings. The van der Waals surface area contributed by atoms with Gasteiger partial charge in [0.2, 0.25) is 5.56 Å². The maximum absolute atomic E-state index is 11.9. The number of aromatic nitrogens is 1. The van der Waals surface area contributed by atoms with Crippen LogP contribution in [0.15, 0.2) is 47.3 Å². The zero-order valence-corrected chi connectivity index (χ0v) is 11.7. The standard InChI is InChI=1S/C15H15N3O3/c1-18(2)15(21)10-6-8-11(9-7-10)16-14(20)12-4-3-5-13(19)17-12/h3-9H,1-2H3,(H,16,20)(H,17,19). The van der Waals surface area contributed by atoms with Gasteiger partial charge in [-0.25, -0.2) is 0 Å². The number of hydrogen-bond donors (Lipinski definition) is 2. The van der Waals surface area contributed by atoms with Gasteiger partial charge in [0.05, 0.1) is 0 Å². The van der Waals surface area contributed by atoms with Gasteiger partial charge in [-0.05, 0) is 30.3 Å². The lowest BCUT2D eigenvalue weighted by Crippen LogP contribution is -2.21. The number of nitrogens with zero attached hydrogens (tertiary/aromatic N) is 1. The van der Waals surface area contributed by atoms with Gasteiger partial charge in [-0.1, -0.05) is 6.07 Å². The van der Waals surface area contributed by atoms with E-state index in [4.69, 9.17) is 0 Å². The van der Waals surface area contributed by atoms with Crippen LogP contribution in [0.25, 0.3) is 0 Å². The third kappa shape index (κ3) is 3.56. The third-order valence-electron chi connectivity index (χ3n) is 2.81. The quantitative estimate of drug-likeness (QED) is 0.892. The van der Waals surface area contributed by atoms with E-state index in [1.165, 1.54) is 23.1 Å². The molecule has 0 atom stereocenters. The molecule has 0 saturated carbocycles. The number of nitrogens with one attached hydrogen (secondary N) is 2. The van der Waals surface area contributed by atoms with E-state index in [2.05, 4.69) is 10.3 Å². The first-order valence-corrected chi connectivity index (χ1v) is 6.30. The lowest BCUT2D eigenvalue weighted by molar-refractivity contribution is 0.0827. The van der Waals surface area contributed by atoms with Crippen molar-refractivity contribution in [3.8, 4) is 0 Å². The Kier molecular flexibility index (Phi) is 4.18. The predicted molar refractivity (Wildman–Crippen MR) is 79.5 cm³/mol. The molecule has 0 bridgehead atoms. The van der Waals surface area contributed by atoms with E-state index in [-0.39, 0.29) is 17.2 Å². The van der Waals surface area contributed by atoms with E-state index >= 15 is 0 Å². The molecule has 1 heterocycles. The topological polar surface area (TPSA) is 82.3 Å². The zero-order chi connectivity index (χ0) is 15.4. The SMILES string of the molecule is CN(C)C(=O)c1ccc(NC(=O)c2cccc(=O)[nH]2)cc1. The molecular formula is C15H15N3O3. The Morgan fingerprint density at radius 2 is 1.71 bits per heavy atom. The second-order valence-electron chi connectivity index (χ2n) is 4.66. The van der Waals surface area contributed by atoms with Crippen molar-refractivity contribution in [1.29, 1.82) is 0 Å². The van der Waals surface area contributed by atoms with Crippen LogP contribution in [0.5, 0.6) is 0 Å². The lowest BCUT2D eigenvalue weighted by atomic mass is 10.2. The van der Waals surface area contributed by atoms with Gasteiger partial charge < -0.3 is 15.2 Å². The molecule has 0 aliphatic rings. The van der Waals surface area contributed by atoms with Crippen LogP contribution in [0.3, 0.4) is 0 Å². The number of pyridine rings is 1. The largest absolute Gasteiger partial charge is 0.345 e. The Morgan fingerprint density at radius 3 is 2.29 bits per heavy atom. The number of rotatable bonds is 3. The van der Waals surface area contributed by atoms with Crippen LogP contribution >= 0.6 is 0 Å². The average Bonchev–Trinajstić information content (AvgIpc) is 2.47. The summed E-state index contributed by atoms with van der Waals surface area (Å²) < 4.78 is 0. The summed E-state index contributed by atoms with van der Waals surface area (Å²) in [4.78, 5) is 38.7. The highest BCUT2D eigenvalue weighted by atomic mass is 16.2. The molecular weight excluding hydrogens is 270 g/mol. The number of amides is 2. The van der Waals surface area contributed by atoms with Crippen molar-refractivity contribution in [3.05, 3.63) is 64.1 Å². The summed E-state index contributed by atoms with van der Waals surface area (Å²) in [5.74, 6) is -0.528. The van der Waals surface area contributed by atoms with Crippen LogP contribution in [-0.4, -0.2) is 35.8 Å². The summed E-state index contributed by atoms with van der Waals surface area (Å²) in [7, 11) is 3.34. The molecule has 0 radical (unpaired) electrons. The minimum atomic E-state index is -0.417. The number of carbonyl (C=O) groups excluding carboxylic acids is 2. The Balaban J connectivity index is 2.12. The summed E-state index contributed by atoms with van der Waals surface area (Å²) >= 11 is 0. The first-order chi connectivity index (χ1) is 9.97. The fraction of sp³-hybridized carbons (Fsp3) is 0.133. The van der Waals surface area contributed by atoms with Gasteiger partial charge >= 0.3 is 0 Å². The van der Waals surface area contributed by atoms with Crippen LogP contribution in [-0.2, 0) is 0 Å². The highest BCUT2D eigenvalue weighted by molar-refractivity contribution is 6.03. The van der Waals surface area contributed by atoms with Crippen LogP contribution in [0.2, 0.25) is 0 Å². The van der Waals surface area contributed by atoms with Crippen molar-refractivity contribution in [2.24, 2.45) is 0 Å². The number of H-pyrrole nitrogens is 1. The molecule has 6 heteroatoms. The van der Waals surface area contributed by atoms with Gasteiger partial charge in [0.1, 0.15) is 5.69 Å². The average molecular weight is 285 g/mol. The number of hydrogen-bond acceptors (Lipinski definition) is 3. The van der Waals surface area contributed by atoms with Crippen molar-refractivity contribution in [2.75, 3.05) is 19.4 Å². The van der Waals surface area contributed by atoms with Crippen molar-refractivity contribution >= 4 is 17.5 Å². The highest BCUT2D eigenvalue weighted by Crippen LogP contribution is 2.11. The lowest BCUT2D eigenvalue weighted by Gasteiger charge is -2.11. The molecule has 1 aromatic heterocycles. The summed E-state index contributed by atoms with van der Waals surface area (Å²) in [5.41, 5.74) is 0.914. The molecule has 21 heavy (non-hydrogen) atoms. The van der Waals surface area contributed by atoms with Crippen molar-refractivity contribution < 1.29 is 9.59 Å². The van der Waals surface area contributed by atoms with E-state index < -0.39 is 5.91 Å². The van der Waals surface area contributed by atoms with Crippen molar-refractivity contribution in [2.45, 2.75) is 0 Å². The fourth-order valence-electron chi connectivity index (χ4n) is 1.73. The highest BCUT2D eigenvalue weighted by Gasteiger charge is 2.09.